The molecule has 212 valence electrons. The van der Waals surface area contributed by atoms with Gasteiger partial charge in [-0.2, -0.15) is 0 Å². The van der Waals surface area contributed by atoms with Crippen molar-refractivity contribution in [2.75, 3.05) is 12.3 Å². The van der Waals surface area contributed by atoms with Gasteiger partial charge in [0.2, 0.25) is 0 Å². The zero-order valence-corrected chi connectivity index (χ0v) is 24.4. The summed E-state index contributed by atoms with van der Waals surface area (Å²) in [7, 11) is 0. The molecule has 0 aliphatic heterocycles. The Morgan fingerprint density at radius 1 is 0.976 bits per heavy atom. The summed E-state index contributed by atoms with van der Waals surface area (Å²) in [5.74, 6) is -0.274. The number of esters is 1. The fraction of sp³-hybridized carbons (Fsp3) is 0.364. The number of hydrogen-bond acceptors (Lipinski definition) is 7. The molecule has 41 heavy (non-hydrogen) atoms. The molecule has 8 heteroatoms. The number of anilines is 1. The van der Waals surface area contributed by atoms with Gasteiger partial charge in [0.15, 0.2) is 11.6 Å². The summed E-state index contributed by atoms with van der Waals surface area (Å²) < 4.78 is 12.1. The minimum absolute atomic E-state index is 0.0129. The molecule has 0 saturated heterocycles. The minimum Gasteiger partial charge on any atom is -0.459 e. The molecule has 0 bridgehead atoms. The maximum absolute atomic E-state index is 13.7. The average Bonchev–Trinajstić information content (AvgIpc) is 2.98. The molecule has 0 aromatic heterocycles. The van der Waals surface area contributed by atoms with Gasteiger partial charge < -0.3 is 15.2 Å². The normalized spacial score (nSPS) is 23.4. The van der Waals surface area contributed by atoms with E-state index in [1.807, 2.05) is 19.1 Å². The third-order valence-corrected chi connectivity index (χ3v) is 9.95. The summed E-state index contributed by atoms with van der Waals surface area (Å²) in [6.07, 6.45) is 5.88. The van der Waals surface area contributed by atoms with Gasteiger partial charge in [-0.25, -0.2) is 4.79 Å². The van der Waals surface area contributed by atoms with Crippen LogP contribution in [-0.2, 0) is 9.47 Å². The van der Waals surface area contributed by atoms with Gasteiger partial charge in [-0.05, 0) is 81.2 Å². The molecule has 2 saturated carbocycles. The summed E-state index contributed by atoms with van der Waals surface area (Å²) in [4.78, 5) is 42.4. The number of ketones is 2. The van der Waals surface area contributed by atoms with Crippen molar-refractivity contribution >= 4 is 46.6 Å². The Morgan fingerprint density at radius 3 is 2.39 bits per heavy atom. The van der Waals surface area contributed by atoms with Gasteiger partial charge in [0, 0.05) is 38.1 Å². The van der Waals surface area contributed by atoms with Crippen molar-refractivity contribution in [1.82, 2.24) is 0 Å². The number of nitrogen functional groups attached to an aromatic ring is 1. The topological polar surface area (TPSA) is 95.7 Å². The van der Waals surface area contributed by atoms with Crippen molar-refractivity contribution in [1.29, 1.82) is 0 Å². The molecule has 0 radical (unpaired) electrons. The van der Waals surface area contributed by atoms with Gasteiger partial charge in [0.25, 0.3) is 0 Å². The minimum atomic E-state index is -0.567. The monoisotopic (exact) mass is 589 g/mol. The van der Waals surface area contributed by atoms with E-state index in [9.17, 15) is 14.4 Å². The third kappa shape index (κ3) is 5.31. The number of nitrogens with two attached hydrogens (primary N) is 1. The van der Waals surface area contributed by atoms with E-state index in [1.54, 1.807) is 42.5 Å². The van der Waals surface area contributed by atoms with E-state index < -0.39 is 5.97 Å². The van der Waals surface area contributed by atoms with Crippen LogP contribution in [0.5, 0.6) is 0 Å². The van der Waals surface area contributed by atoms with Crippen LogP contribution in [0.4, 0.5) is 5.69 Å². The van der Waals surface area contributed by atoms with Gasteiger partial charge in [0.1, 0.15) is 6.10 Å². The van der Waals surface area contributed by atoms with Crippen LogP contribution >= 0.6 is 23.4 Å². The Bertz CT molecular complexity index is 1520. The Kier molecular flexibility index (Phi) is 7.94. The number of fused-ring (bicyclic) bond motifs is 3. The van der Waals surface area contributed by atoms with Gasteiger partial charge in [0.05, 0.1) is 22.9 Å². The number of halogens is 1. The smallest absolute Gasteiger partial charge is 0.340 e. The predicted octanol–water partition coefficient (Wildman–Crippen LogP) is 7.38. The summed E-state index contributed by atoms with van der Waals surface area (Å²) in [6.45, 7) is 2.75. The molecule has 4 unspecified atom stereocenters. The molecule has 3 aliphatic rings. The highest BCUT2D eigenvalue weighted by molar-refractivity contribution is 7.99. The molecule has 3 aliphatic carbocycles. The number of rotatable bonds is 6. The zero-order valence-electron chi connectivity index (χ0n) is 22.9. The van der Waals surface area contributed by atoms with Crippen LogP contribution in [0.25, 0.3) is 0 Å². The molecule has 0 heterocycles. The van der Waals surface area contributed by atoms with Gasteiger partial charge in [-0.1, -0.05) is 54.0 Å². The average molecular weight is 590 g/mol. The van der Waals surface area contributed by atoms with Crippen molar-refractivity contribution in [3.8, 4) is 0 Å². The first-order chi connectivity index (χ1) is 19.9. The fourth-order valence-corrected chi connectivity index (χ4v) is 7.89. The van der Waals surface area contributed by atoms with Crippen molar-refractivity contribution in [2.24, 2.45) is 11.8 Å². The van der Waals surface area contributed by atoms with Crippen LogP contribution in [0.3, 0.4) is 0 Å². The van der Waals surface area contributed by atoms with Gasteiger partial charge in [-0.3, -0.25) is 9.59 Å². The quantitative estimate of drug-likeness (QED) is 0.185. The lowest BCUT2D eigenvalue weighted by molar-refractivity contribution is -0.0665. The molecule has 0 spiro atoms. The number of benzene rings is 3. The fourth-order valence-electron chi connectivity index (χ4n) is 6.77. The third-order valence-electron chi connectivity index (χ3n) is 8.65. The van der Waals surface area contributed by atoms with E-state index in [4.69, 9.17) is 26.8 Å². The molecular weight excluding hydrogens is 558 g/mol. The highest BCUT2D eigenvalue weighted by Gasteiger charge is 2.40. The Balaban J connectivity index is 1.33. The van der Waals surface area contributed by atoms with Gasteiger partial charge in [-0.15, -0.1) is 0 Å². The molecule has 4 atom stereocenters. The number of ether oxygens (including phenoxy) is 2. The second kappa shape index (κ2) is 11.6. The first-order valence-electron chi connectivity index (χ1n) is 14.3. The van der Waals surface area contributed by atoms with Crippen molar-refractivity contribution in [3.05, 3.63) is 87.4 Å². The SMILES string of the molecule is CCOC1CCCC2CC(OC(=O)c3cc(Sc4ccc(Cl)cc4)c4c(c3N)C(=O)c3ccccc3C4=O)CCC21. The Morgan fingerprint density at radius 2 is 1.68 bits per heavy atom. The largest absolute Gasteiger partial charge is 0.459 e. The Labute approximate surface area is 248 Å². The number of hydrogen-bond donors (Lipinski definition) is 1. The van der Waals surface area contributed by atoms with E-state index in [-0.39, 0.29) is 51.7 Å². The van der Waals surface area contributed by atoms with Crippen LogP contribution < -0.4 is 5.73 Å². The summed E-state index contributed by atoms with van der Waals surface area (Å²) in [5, 5.41) is 0.582. The summed E-state index contributed by atoms with van der Waals surface area (Å²) in [5.41, 5.74) is 7.53. The second-order valence-electron chi connectivity index (χ2n) is 11.0. The lowest BCUT2D eigenvalue weighted by Gasteiger charge is -2.43. The molecule has 3 aromatic rings. The van der Waals surface area contributed by atoms with Crippen LogP contribution in [0.15, 0.2) is 64.4 Å². The maximum atomic E-state index is 13.7. The number of carbonyl (C=O) groups is 3. The van der Waals surface area contributed by atoms with Crippen LogP contribution in [0.2, 0.25) is 5.02 Å². The predicted molar refractivity (Wildman–Crippen MR) is 159 cm³/mol. The zero-order chi connectivity index (χ0) is 28.7. The standard InChI is InChI=1S/C33H32ClNO5S/c1-2-39-26-9-5-6-18-16-20(12-15-22(18)26)40-33(38)25-17-27(41-21-13-10-19(34)11-14-21)28-29(30(25)35)32(37)24-8-4-3-7-23(24)31(28)36/h3-4,7-8,10-11,13-14,17-18,20,22,26H,2,5-6,9,12,15-16,35H2,1H3. The molecule has 6 rings (SSSR count). The van der Waals surface area contributed by atoms with E-state index in [1.165, 1.54) is 11.8 Å². The summed E-state index contributed by atoms with van der Waals surface area (Å²) in [6, 6.07) is 15.5. The lowest BCUT2D eigenvalue weighted by atomic mass is 9.68. The molecule has 6 nitrogen and oxygen atoms in total. The van der Waals surface area contributed by atoms with Crippen molar-refractivity contribution in [2.45, 2.75) is 67.4 Å². The van der Waals surface area contributed by atoms with Crippen LogP contribution in [-0.4, -0.2) is 36.4 Å². The van der Waals surface area contributed by atoms with E-state index in [0.29, 0.717) is 33.9 Å². The van der Waals surface area contributed by atoms with Crippen LogP contribution in [0.1, 0.15) is 87.6 Å². The van der Waals surface area contributed by atoms with Crippen molar-refractivity contribution < 1.29 is 23.9 Å². The second-order valence-corrected chi connectivity index (χ2v) is 12.6. The molecule has 2 N–H and O–H groups in total. The van der Waals surface area contributed by atoms with E-state index >= 15 is 0 Å². The first-order valence-corrected chi connectivity index (χ1v) is 15.5. The van der Waals surface area contributed by atoms with Gasteiger partial charge >= 0.3 is 5.97 Å². The highest BCUT2D eigenvalue weighted by atomic mass is 35.5. The highest BCUT2D eigenvalue weighted by Crippen LogP contribution is 2.44. The lowest BCUT2D eigenvalue weighted by Crippen LogP contribution is -2.41. The first kappa shape index (κ1) is 28.0. The van der Waals surface area contributed by atoms with E-state index in [2.05, 4.69) is 0 Å². The molecule has 2 fully saturated rings. The Hall–Kier alpha value is -3.13. The number of carbonyl (C=O) groups excluding carboxylic acids is 3. The maximum Gasteiger partial charge on any atom is 0.340 e. The summed E-state index contributed by atoms with van der Waals surface area (Å²) >= 11 is 7.37. The van der Waals surface area contributed by atoms with E-state index in [0.717, 1.165) is 43.4 Å². The molecular formula is C33H32ClNO5S. The molecule has 3 aromatic carbocycles. The molecule has 0 amide bonds. The van der Waals surface area contributed by atoms with Crippen molar-refractivity contribution in [3.63, 3.8) is 0 Å². The van der Waals surface area contributed by atoms with Crippen LogP contribution in [0, 0.1) is 11.8 Å².